The summed E-state index contributed by atoms with van der Waals surface area (Å²) in [6.07, 6.45) is -0.0732. The van der Waals surface area contributed by atoms with E-state index in [9.17, 15) is 9.59 Å². The molecule has 1 aliphatic rings. The summed E-state index contributed by atoms with van der Waals surface area (Å²) < 4.78 is 6.60. The summed E-state index contributed by atoms with van der Waals surface area (Å²) in [5.74, 6) is 0.861. The average Bonchev–Trinajstić information content (AvgIpc) is 3.24. The number of benzene rings is 2. The second kappa shape index (κ2) is 7.56. The van der Waals surface area contributed by atoms with Crippen LogP contribution in [0, 0.1) is 6.92 Å². The van der Waals surface area contributed by atoms with Crippen LogP contribution in [0.3, 0.4) is 0 Å². The van der Waals surface area contributed by atoms with Crippen molar-refractivity contribution >= 4 is 35.1 Å². The van der Waals surface area contributed by atoms with Gasteiger partial charge in [0.2, 0.25) is 11.9 Å². The van der Waals surface area contributed by atoms with Crippen molar-refractivity contribution in [1.29, 1.82) is 0 Å². The summed E-state index contributed by atoms with van der Waals surface area (Å²) in [6.45, 7) is 1.82. The van der Waals surface area contributed by atoms with Crippen LogP contribution in [0.2, 0.25) is 5.02 Å². The van der Waals surface area contributed by atoms with Crippen molar-refractivity contribution in [1.82, 2.24) is 14.8 Å². The zero-order valence-electron chi connectivity index (χ0n) is 15.8. The molecule has 1 unspecified atom stereocenters. The summed E-state index contributed by atoms with van der Waals surface area (Å²) in [4.78, 5) is 29.2. The van der Waals surface area contributed by atoms with Gasteiger partial charge in [0.05, 0.1) is 13.5 Å². The number of methoxy groups -OCH3 is 1. The van der Waals surface area contributed by atoms with Gasteiger partial charge in [-0.05, 0) is 48.9 Å². The molecule has 2 N–H and O–H groups in total. The quantitative estimate of drug-likeness (QED) is 0.670. The van der Waals surface area contributed by atoms with Crippen LogP contribution in [0.4, 0.5) is 11.6 Å². The number of fused-ring (bicyclic) bond motifs is 1. The zero-order valence-corrected chi connectivity index (χ0v) is 16.5. The van der Waals surface area contributed by atoms with E-state index in [4.69, 9.17) is 16.3 Å². The van der Waals surface area contributed by atoms with E-state index < -0.39 is 6.04 Å². The Hall–Kier alpha value is -3.39. The number of anilines is 2. The van der Waals surface area contributed by atoms with Gasteiger partial charge in [-0.2, -0.15) is 4.98 Å². The first-order valence-electron chi connectivity index (χ1n) is 8.93. The Bertz CT molecular complexity index is 1090. The summed E-state index contributed by atoms with van der Waals surface area (Å²) >= 11 is 6.09. The topological polar surface area (TPSA) is 98.1 Å². The molecule has 1 aromatic heterocycles. The Morgan fingerprint density at radius 3 is 2.76 bits per heavy atom. The molecule has 8 nitrogen and oxygen atoms in total. The first-order valence-corrected chi connectivity index (χ1v) is 9.31. The normalized spacial score (nSPS) is 15.0. The molecule has 0 radical (unpaired) electrons. The molecule has 1 aliphatic heterocycles. The van der Waals surface area contributed by atoms with Crippen LogP contribution in [-0.4, -0.2) is 33.7 Å². The number of halogens is 1. The molecule has 2 amide bonds. The van der Waals surface area contributed by atoms with Gasteiger partial charge in [-0.25, -0.2) is 4.68 Å². The second-order valence-electron chi connectivity index (χ2n) is 6.60. The first kappa shape index (κ1) is 18.9. The number of amides is 2. The van der Waals surface area contributed by atoms with E-state index in [0.717, 1.165) is 16.9 Å². The lowest BCUT2D eigenvalue weighted by molar-refractivity contribution is -0.123. The molecule has 9 heteroatoms. The minimum atomic E-state index is -0.774. The molecule has 0 fully saturated rings. The standard InChI is InChI=1S/C20H18ClN5O3/c1-11-14(21)4-3-5-15(11)22-17(27)10-16-19(28)24-20-23-18(25-26(16)20)12-6-8-13(29-2)9-7-12/h3-9,16H,10H2,1-2H3,(H,22,27)(H,23,24,25,28). The van der Waals surface area contributed by atoms with Crippen LogP contribution < -0.4 is 15.4 Å². The number of nitrogens with one attached hydrogen (secondary N) is 2. The van der Waals surface area contributed by atoms with E-state index in [0.29, 0.717) is 22.5 Å². The Morgan fingerprint density at radius 1 is 1.28 bits per heavy atom. The third-order valence-electron chi connectivity index (χ3n) is 4.73. The summed E-state index contributed by atoms with van der Waals surface area (Å²) in [5.41, 5.74) is 2.15. The van der Waals surface area contributed by atoms with Crippen LogP contribution in [0.5, 0.6) is 5.75 Å². The molecular weight excluding hydrogens is 394 g/mol. The number of carbonyl (C=O) groups excluding carboxylic acids is 2. The van der Waals surface area contributed by atoms with Crippen molar-refractivity contribution < 1.29 is 14.3 Å². The van der Waals surface area contributed by atoms with Crippen molar-refractivity contribution in [3.8, 4) is 17.1 Å². The van der Waals surface area contributed by atoms with Crippen molar-refractivity contribution in [2.45, 2.75) is 19.4 Å². The molecule has 148 valence electrons. The van der Waals surface area contributed by atoms with Crippen molar-refractivity contribution in [2.75, 3.05) is 17.7 Å². The van der Waals surface area contributed by atoms with Gasteiger partial charge < -0.3 is 10.1 Å². The number of hydrogen-bond donors (Lipinski definition) is 2. The van der Waals surface area contributed by atoms with E-state index in [1.54, 1.807) is 37.4 Å². The Balaban J connectivity index is 1.52. The van der Waals surface area contributed by atoms with Crippen LogP contribution >= 0.6 is 11.6 Å². The monoisotopic (exact) mass is 411 g/mol. The van der Waals surface area contributed by atoms with Gasteiger partial charge in [-0.15, -0.1) is 5.10 Å². The van der Waals surface area contributed by atoms with Crippen LogP contribution in [0.15, 0.2) is 42.5 Å². The highest BCUT2D eigenvalue weighted by molar-refractivity contribution is 6.31. The molecule has 1 atom stereocenters. The van der Waals surface area contributed by atoms with Gasteiger partial charge in [0.25, 0.3) is 5.91 Å². The summed E-state index contributed by atoms with van der Waals surface area (Å²) in [6, 6.07) is 11.8. The number of ether oxygens (including phenoxy) is 1. The molecule has 2 heterocycles. The number of aromatic nitrogens is 3. The minimum Gasteiger partial charge on any atom is -0.497 e. The number of nitrogens with zero attached hydrogens (tertiary/aromatic N) is 3. The lowest BCUT2D eigenvalue weighted by Crippen LogP contribution is -2.24. The maximum Gasteiger partial charge on any atom is 0.252 e. The van der Waals surface area contributed by atoms with E-state index in [2.05, 4.69) is 20.7 Å². The summed E-state index contributed by atoms with van der Waals surface area (Å²) in [7, 11) is 1.59. The average molecular weight is 412 g/mol. The summed E-state index contributed by atoms with van der Waals surface area (Å²) in [5, 5.41) is 10.5. The SMILES string of the molecule is COc1ccc(-c2nc3n(n2)C(CC(=O)Nc2cccc(Cl)c2C)C(=O)N3)cc1. The Labute approximate surface area is 171 Å². The predicted octanol–water partition coefficient (Wildman–Crippen LogP) is 3.44. The fraction of sp³-hybridized carbons (Fsp3) is 0.200. The third-order valence-corrected chi connectivity index (χ3v) is 5.14. The minimum absolute atomic E-state index is 0.0732. The van der Waals surface area contributed by atoms with Gasteiger partial charge in [0, 0.05) is 16.3 Å². The van der Waals surface area contributed by atoms with Gasteiger partial charge in [0.1, 0.15) is 11.8 Å². The van der Waals surface area contributed by atoms with E-state index in [1.807, 2.05) is 19.1 Å². The second-order valence-corrected chi connectivity index (χ2v) is 7.01. The Kier molecular flexibility index (Phi) is 4.94. The van der Waals surface area contributed by atoms with Gasteiger partial charge in [-0.1, -0.05) is 17.7 Å². The van der Waals surface area contributed by atoms with Crippen molar-refractivity contribution in [3.05, 3.63) is 53.1 Å². The maximum absolute atomic E-state index is 12.5. The van der Waals surface area contributed by atoms with Gasteiger partial charge in [0.15, 0.2) is 5.82 Å². The first-order chi connectivity index (χ1) is 14.0. The fourth-order valence-corrected chi connectivity index (χ4v) is 3.27. The van der Waals surface area contributed by atoms with Crippen molar-refractivity contribution in [3.63, 3.8) is 0 Å². The lowest BCUT2D eigenvalue weighted by Gasteiger charge is -2.12. The molecule has 0 bridgehead atoms. The largest absolute Gasteiger partial charge is 0.497 e. The Morgan fingerprint density at radius 2 is 2.03 bits per heavy atom. The lowest BCUT2D eigenvalue weighted by atomic mass is 10.1. The third kappa shape index (κ3) is 3.66. The van der Waals surface area contributed by atoms with Gasteiger partial charge >= 0.3 is 0 Å². The van der Waals surface area contributed by atoms with Crippen LogP contribution in [0.1, 0.15) is 18.0 Å². The molecule has 3 aromatic rings. The van der Waals surface area contributed by atoms with E-state index in [-0.39, 0.29) is 18.2 Å². The molecule has 0 aliphatic carbocycles. The fourth-order valence-electron chi connectivity index (χ4n) is 3.09. The smallest absolute Gasteiger partial charge is 0.252 e. The highest BCUT2D eigenvalue weighted by atomic mass is 35.5. The van der Waals surface area contributed by atoms with E-state index in [1.165, 1.54) is 4.68 Å². The molecule has 29 heavy (non-hydrogen) atoms. The molecular formula is C20H18ClN5O3. The molecule has 0 saturated heterocycles. The van der Waals surface area contributed by atoms with Gasteiger partial charge in [-0.3, -0.25) is 14.9 Å². The molecule has 0 saturated carbocycles. The van der Waals surface area contributed by atoms with Crippen LogP contribution in [0.25, 0.3) is 11.4 Å². The number of rotatable bonds is 5. The highest BCUT2D eigenvalue weighted by Crippen LogP contribution is 2.30. The van der Waals surface area contributed by atoms with Crippen molar-refractivity contribution in [2.24, 2.45) is 0 Å². The predicted molar refractivity (Wildman–Crippen MR) is 109 cm³/mol. The van der Waals surface area contributed by atoms with Crippen LogP contribution in [-0.2, 0) is 9.59 Å². The van der Waals surface area contributed by atoms with E-state index >= 15 is 0 Å². The molecule has 0 spiro atoms. The zero-order chi connectivity index (χ0) is 20.5. The molecule has 2 aromatic carbocycles. The highest BCUT2D eigenvalue weighted by Gasteiger charge is 2.35. The number of hydrogen-bond acceptors (Lipinski definition) is 5. The molecule has 4 rings (SSSR count). The maximum atomic E-state index is 12.5. The number of carbonyl (C=O) groups is 2.